The Balaban J connectivity index is 0.000000228. The van der Waals surface area contributed by atoms with Crippen LogP contribution < -0.4 is 10.6 Å². The van der Waals surface area contributed by atoms with Gasteiger partial charge in [-0.05, 0) is 87.1 Å². The van der Waals surface area contributed by atoms with E-state index >= 15 is 0 Å². The predicted molar refractivity (Wildman–Crippen MR) is 204 cm³/mol. The van der Waals surface area contributed by atoms with Gasteiger partial charge in [0.1, 0.15) is 12.2 Å². The third-order valence-corrected chi connectivity index (χ3v) is 9.83. The second kappa shape index (κ2) is 18.3. The molecule has 2 fully saturated rings. The van der Waals surface area contributed by atoms with Crippen molar-refractivity contribution in [2.75, 3.05) is 0 Å². The third kappa shape index (κ3) is 10.1. The van der Waals surface area contributed by atoms with E-state index in [1.54, 1.807) is 0 Å². The van der Waals surface area contributed by atoms with Crippen LogP contribution in [0.1, 0.15) is 92.8 Å². The molecule has 2 aliphatic carbocycles. The lowest BCUT2D eigenvalue weighted by molar-refractivity contribution is -0.0514. The molecule has 6 rings (SSSR count). The molecule has 20 nitrogen and oxygen atoms in total. The molecule has 4 aromatic carbocycles. The van der Waals surface area contributed by atoms with Gasteiger partial charge in [0.15, 0.2) is 69.0 Å². The third-order valence-electron chi connectivity index (χ3n) is 9.83. The summed E-state index contributed by atoms with van der Waals surface area (Å²) in [5.74, 6) is -11.3. The van der Waals surface area contributed by atoms with E-state index in [0.29, 0.717) is 38.5 Å². The zero-order valence-electron chi connectivity index (χ0n) is 31.4. The standard InChI is InChI=1S/C20H22N2O8.C20H20O10/c23-13-5-9(6-14(24)17(13)27)19(29)21-11-3-1-2-4-12(11)22-20(30)10-7-15(25)18(28)16(26)8-10;21-11-5-9(6-12(22)17(11)25)19(27)29-15-3-1-2-4-16(15)30-20(28)10-7-13(23)18(26)14(24)8-10/h5-8,11-12,23-28H,1-4H2,(H,21,29)(H,22,30);5-8,15-16,21-26H,1-4H2. The minimum Gasteiger partial charge on any atom is -0.504 e. The summed E-state index contributed by atoms with van der Waals surface area (Å²) >= 11 is 0. The number of carbonyl (C=O) groups is 4. The number of hydrogen-bond donors (Lipinski definition) is 14. The number of phenolic OH excluding ortho intramolecular Hbond substituents is 12. The number of hydrogen-bond acceptors (Lipinski definition) is 18. The minimum absolute atomic E-state index is 0.0631. The number of benzene rings is 4. The second-order valence-corrected chi connectivity index (χ2v) is 14.1. The molecule has 320 valence electrons. The molecule has 0 spiro atoms. The maximum Gasteiger partial charge on any atom is 0.338 e. The molecule has 0 radical (unpaired) electrons. The van der Waals surface area contributed by atoms with Crippen molar-refractivity contribution >= 4 is 23.8 Å². The van der Waals surface area contributed by atoms with Crippen molar-refractivity contribution in [2.45, 2.75) is 75.7 Å². The van der Waals surface area contributed by atoms with Gasteiger partial charge in [-0.15, -0.1) is 0 Å². The quantitative estimate of drug-likeness (QED) is 0.0889. The number of amides is 2. The molecule has 4 unspecified atom stereocenters. The van der Waals surface area contributed by atoms with Crippen LogP contribution in [0.5, 0.6) is 69.0 Å². The summed E-state index contributed by atoms with van der Waals surface area (Å²) in [6, 6.07) is 6.90. The summed E-state index contributed by atoms with van der Waals surface area (Å²) in [6.45, 7) is 0. The Kier molecular flexibility index (Phi) is 13.3. The number of phenols is 12. The molecule has 4 aromatic rings. The number of nitrogens with one attached hydrogen (secondary N) is 2. The van der Waals surface area contributed by atoms with Crippen LogP contribution in [-0.4, -0.2) is 109 Å². The number of carbonyl (C=O) groups excluding carboxylic acids is 4. The van der Waals surface area contributed by atoms with E-state index < -0.39 is 117 Å². The molecule has 0 saturated heterocycles. The van der Waals surface area contributed by atoms with Crippen molar-refractivity contribution < 1.29 is 89.9 Å². The van der Waals surface area contributed by atoms with Crippen LogP contribution in [0.2, 0.25) is 0 Å². The Morgan fingerprint density at radius 1 is 0.383 bits per heavy atom. The lowest BCUT2D eigenvalue weighted by Gasteiger charge is -2.33. The van der Waals surface area contributed by atoms with Gasteiger partial charge in [0.2, 0.25) is 0 Å². The Bertz CT molecular complexity index is 1880. The maximum atomic E-state index is 12.5. The average molecular weight is 839 g/mol. The lowest BCUT2D eigenvalue weighted by Crippen LogP contribution is -2.53. The molecule has 2 saturated carbocycles. The van der Waals surface area contributed by atoms with Crippen LogP contribution in [0.25, 0.3) is 0 Å². The smallest absolute Gasteiger partial charge is 0.338 e. The van der Waals surface area contributed by atoms with Crippen LogP contribution in [-0.2, 0) is 9.47 Å². The molecular weight excluding hydrogens is 796 g/mol. The van der Waals surface area contributed by atoms with Gasteiger partial charge in [0.25, 0.3) is 11.8 Å². The Hall–Kier alpha value is -7.64. The summed E-state index contributed by atoms with van der Waals surface area (Å²) in [5, 5.41) is 120. The highest BCUT2D eigenvalue weighted by Gasteiger charge is 2.33. The lowest BCUT2D eigenvalue weighted by atomic mass is 9.89. The molecule has 20 heteroatoms. The summed E-state index contributed by atoms with van der Waals surface area (Å²) in [4.78, 5) is 49.9. The van der Waals surface area contributed by atoms with Gasteiger partial charge in [0, 0.05) is 23.2 Å². The Morgan fingerprint density at radius 2 is 0.617 bits per heavy atom. The second-order valence-electron chi connectivity index (χ2n) is 14.1. The van der Waals surface area contributed by atoms with Gasteiger partial charge in [-0.1, -0.05) is 12.8 Å². The van der Waals surface area contributed by atoms with Gasteiger partial charge in [-0.2, -0.15) is 0 Å². The van der Waals surface area contributed by atoms with E-state index in [4.69, 9.17) is 9.47 Å². The van der Waals surface area contributed by atoms with Crippen molar-refractivity contribution in [3.8, 4) is 69.0 Å². The number of esters is 2. The fourth-order valence-corrected chi connectivity index (χ4v) is 6.64. The number of ether oxygens (including phenoxy) is 2. The van der Waals surface area contributed by atoms with E-state index in [-0.39, 0.29) is 22.3 Å². The number of rotatable bonds is 8. The monoisotopic (exact) mass is 838 g/mol. The van der Waals surface area contributed by atoms with Gasteiger partial charge >= 0.3 is 11.9 Å². The summed E-state index contributed by atoms with van der Waals surface area (Å²) in [6.07, 6.45) is 3.33. The molecule has 2 aliphatic rings. The summed E-state index contributed by atoms with van der Waals surface area (Å²) < 4.78 is 10.8. The highest BCUT2D eigenvalue weighted by Crippen LogP contribution is 2.39. The normalized spacial score (nSPS) is 18.5. The molecular formula is C40H42N2O18. The summed E-state index contributed by atoms with van der Waals surface area (Å²) in [7, 11) is 0. The van der Waals surface area contributed by atoms with Crippen LogP contribution >= 0.6 is 0 Å². The average Bonchev–Trinajstić information content (AvgIpc) is 3.20. The zero-order chi connectivity index (χ0) is 44.0. The van der Waals surface area contributed by atoms with Crippen LogP contribution in [0.3, 0.4) is 0 Å². The number of aromatic hydroxyl groups is 12. The van der Waals surface area contributed by atoms with Gasteiger partial charge in [-0.25, -0.2) is 9.59 Å². The topological polar surface area (TPSA) is 354 Å². The highest BCUT2D eigenvalue weighted by molar-refractivity contribution is 5.97. The van der Waals surface area contributed by atoms with Gasteiger partial charge < -0.3 is 81.4 Å². The van der Waals surface area contributed by atoms with Crippen molar-refractivity contribution in [2.24, 2.45) is 0 Å². The van der Waals surface area contributed by atoms with E-state index in [9.17, 15) is 80.5 Å². The molecule has 0 heterocycles. The van der Waals surface area contributed by atoms with E-state index in [2.05, 4.69) is 10.6 Å². The van der Waals surface area contributed by atoms with Crippen LogP contribution in [0.15, 0.2) is 48.5 Å². The van der Waals surface area contributed by atoms with E-state index in [1.165, 1.54) is 0 Å². The maximum absolute atomic E-state index is 12.5. The first-order chi connectivity index (χ1) is 28.3. The molecule has 0 bridgehead atoms. The predicted octanol–water partition coefficient (Wildman–Crippen LogP) is 3.64. The Morgan fingerprint density at radius 3 is 0.883 bits per heavy atom. The van der Waals surface area contributed by atoms with E-state index in [0.717, 1.165) is 61.4 Å². The first-order valence-electron chi connectivity index (χ1n) is 18.4. The van der Waals surface area contributed by atoms with Crippen molar-refractivity contribution in [1.82, 2.24) is 10.6 Å². The van der Waals surface area contributed by atoms with Crippen molar-refractivity contribution in [1.29, 1.82) is 0 Å². The first kappa shape index (κ1) is 43.5. The molecule has 14 N–H and O–H groups in total. The molecule has 4 atom stereocenters. The largest absolute Gasteiger partial charge is 0.504 e. The van der Waals surface area contributed by atoms with Crippen LogP contribution in [0, 0.1) is 0 Å². The highest BCUT2D eigenvalue weighted by atomic mass is 16.6. The Labute approximate surface area is 339 Å². The molecule has 0 aliphatic heterocycles. The van der Waals surface area contributed by atoms with E-state index in [1.807, 2.05) is 0 Å². The van der Waals surface area contributed by atoms with Gasteiger partial charge in [-0.3, -0.25) is 9.59 Å². The fourth-order valence-electron chi connectivity index (χ4n) is 6.64. The first-order valence-corrected chi connectivity index (χ1v) is 18.4. The van der Waals surface area contributed by atoms with Gasteiger partial charge in [0.05, 0.1) is 11.1 Å². The fraction of sp³-hybridized carbons (Fsp3) is 0.300. The molecule has 60 heavy (non-hydrogen) atoms. The van der Waals surface area contributed by atoms with Crippen molar-refractivity contribution in [3.05, 3.63) is 70.8 Å². The SMILES string of the molecule is O=C(NC1CCCCC1NC(=O)c1cc(O)c(O)c(O)c1)c1cc(O)c(O)c(O)c1.O=C(OC1CCCCC1OC(=O)c1cc(O)c(O)c(O)c1)c1cc(O)c(O)c(O)c1. The van der Waals surface area contributed by atoms with Crippen molar-refractivity contribution in [3.63, 3.8) is 0 Å². The van der Waals surface area contributed by atoms with Crippen LogP contribution in [0.4, 0.5) is 0 Å². The molecule has 0 aromatic heterocycles. The molecule has 2 amide bonds. The minimum atomic E-state index is -0.895. The summed E-state index contributed by atoms with van der Waals surface area (Å²) in [5.41, 5.74) is -0.530. The zero-order valence-corrected chi connectivity index (χ0v) is 31.4.